The molecule has 0 aromatic rings. The monoisotopic (exact) mass is 229 g/mol. The molecule has 0 radical (unpaired) electrons. The number of ether oxygens (including phenoxy) is 1. The third-order valence-corrected chi connectivity index (χ3v) is 2.43. The van der Waals surface area contributed by atoms with E-state index < -0.39 is 11.9 Å². The van der Waals surface area contributed by atoms with E-state index in [9.17, 15) is 9.59 Å². The van der Waals surface area contributed by atoms with Gasteiger partial charge in [-0.1, -0.05) is 13.8 Å². The highest BCUT2D eigenvalue weighted by atomic mass is 16.5. The van der Waals surface area contributed by atoms with E-state index >= 15 is 0 Å². The standard InChI is InChI=1S/C11H19NO4/c1-4-8(6-12)10(11(15)16-3)7(2)5-9(13)14/h7H,4-6,12H2,1-3H3,(H,13,14). The normalized spacial score (nSPS) is 14.0. The first-order valence-electron chi connectivity index (χ1n) is 5.19. The van der Waals surface area contributed by atoms with Crippen molar-refractivity contribution in [1.29, 1.82) is 0 Å². The Kier molecular flexibility index (Phi) is 6.41. The van der Waals surface area contributed by atoms with Crippen LogP contribution in [0.5, 0.6) is 0 Å². The van der Waals surface area contributed by atoms with Gasteiger partial charge in [0.15, 0.2) is 0 Å². The van der Waals surface area contributed by atoms with Crippen LogP contribution in [-0.4, -0.2) is 30.7 Å². The van der Waals surface area contributed by atoms with E-state index in [-0.39, 0.29) is 18.9 Å². The summed E-state index contributed by atoms with van der Waals surface area (Å²) in [7, 11) is 1.28. The van der Waals surface area contributed by atoms with Crippen molar-refractivity contribution in [3.05, 3.63) is 11.1 Å². The van der Waals surface area contributed by atoms with Crippen molar-refractivity contribution in [1.82, 2.24) is 0 Å². The van der Waals surface area contributed by atoms with Crippen LogP contribution < -0.4 is 5.73 Å². The Morgan fingerprint density at radius 2 is 2.00 bits per heavy atom. The van der Waals surface area contributed by atoms with Gasteiger partial charge in [0.2, 0.25) is 0 Å². The third kappa shape index (κ3) is 4.02. The molecule has 0 aromatic carbocycles. The predicted octanol–water partition coefficient (Wildman–Crippen LogP) is 0.935. The molecule has 0 saturated heterocycles. The van der Waals surface area contributed by atoms with Gasteiger partial charge in [0.05, 0.1) is 13.5 Å². The summed E-state index contributed by atoms with van der Waals surface area (Å²) in [6, 6.07) is 0. The minimum atomic E-state index is -0.943. The van der Waals surface area contributed by atoms with Crippen LogP contribution in [0.2, 0.25) is 0 Å². The number of hydrogen-bond donors (Lipinski definition) is 2. The first kappa shape index (κ1) is 14.6. The van der Waals surface area contributed by atoms with Gasteiger partial charge in [-0.3, -0.25) is 4.79 Å². The molecule has 0 bridgehead atoms. The van der Waals surface area contributed by atoms with Crippen LogP contribution in [0.3, 0.4) is 0 Å². The quantitative estimate of drug-likeness (QED) is 0.522. The molecular weight excluding hydrogens is 210 g/mol. The lowest BCUT2D eigenvalue weighted by molar-refractivity contribution is -0.138. The second kappa shape index (κ2) is 7.00. The molecule has 1 atom stereocenters. The number of carboxylic acids is 1. The van der Waals surface area contributed by atoms with Crippen LogP contribution in [0.4, 0.5) is 0 Å². The van der Waals surface area contributed by atoms with E-state index in [0.717, 1.165) is 5.57 Å². The molecule has 0 rings (SSSR count). The predicted molar refractivity (Wildman–Crippen MR) is 59.8 cm³/mol. The van der Waals surface area contributed by atoms with Crippen LogP contribution in [-0.2, 0) is 14.3 Å². The van der Waals surface area contributed by atoms with Gasteiger partial charge >= 0.3 is 11.9 Å². The lowest BCUT2D eigenvalue weighted by Gasteiger charge is -2.16. The minimum Gasteiger partial charge on any atom is -0.481 e. The Balaban J connectivity index is 5.15. The summed E-state index contributed by atoms with van der Waals surface area (Å²) in [4.78, 5) is 22.2. The summed E-state index contributed by atoms with van der Waals surface area (Å²) >= 11 is 0. The molecule has 0 aliphatic carbocycles. The van der Waals surface area contributed by atoms with Crippen molar-refractivity contribution in [3.63, 3.8) is 0 Å². The van der Waals surface area contributed by atoms with Crippen molar-refractivity contribution in [2.75, 3.05) is 13.7 Å². The highest BCUT2D eigenvalue weighted by Gasteiger charge is 2.23. The van der Waals surface area contributed by atoms with Gasteiger partial charge in [-0.25, -0.2) is 4.79 Å². The van der Waals surface area contributed by atoms with Gasteiger partial charge in [-0.05, 0) is 17.9 Å². The molecule has 16 heavy (non-hydrogen) atoms. The Morgan fingerprint density at radius 1 is 1.44 bits per heavy atom. The van der Waals surface area contributed by atoms with E-state index in [0.29, 0.717) is 12.0 Å². The molecular formula is C11H19NO4. The fourth-order valence-electron chi connectivity index (χ4n) is 1.61. The first-order chi connectivity index (χ1) is 7.47. The van der Waals surface area contributed by atoms with Crippen molar-refractivity contribution in [2.45, 2.75) is 26.7 Å². The zero-order chi connectivity index (χ0) is 12.7. The summed E-state index contributed by atoms with van der Waals surface area (Å²) in [6.07, 6.45) is 0.513. The Labute approximate surface area is 95.3 Å². The van der Waals surface area contributed by atoms with Crippen molar-refractivity contribution >= 4 is 11.9 Å². The molecule has 0 fully saturated rings. The fraction of sp³-hybridized carbons (Fsp3) is 0.636. The first-order valence-corrected chi connectivity index (χ1v) is 5.19. The second-order valence-electron chi connectivity index (χ2n) is 3.57. The number of nitrogens with two attached hydrogens (primary N) is 1. The van der Waals surface area contributed by atoms with Gasteiger partial charge in [-0.15, -0.1) is 0 Å². The Bertz CT molecular complexity index is 290. The van der Waals surface area contributed by atoms with Crippen molar-refractivity contribution in [2.24, 2.45) is 11.7 Å². The number of hydrogen-bond acceptors (Lipinski definition) is 4. The van der Waals surface area contributed by atoms with E-state index in [1.807, 2.05) is 6.92 Å². The lowest BCUT2D eigenvalue weighted by Crippen LogP contribution is -2.20. The van der Waals surface area contributed by atoms with Crippen LogP contribution in [0.25, 0.3) is 0 Å². The van der Waals surface area contributed by atoms with Gasteiger partial charge in [0.25, 0.3) is 0 Å². The summed E-state index contributed by atoms with van der Waals surface area (Å²) in [6.45, 7) is 3.80. The number of carbonyl (C=O) groups excluding carboxylic acids is 1. The van der Waals surface area contributed by atoms with Crippen LogP contribution in [0.15, 0.2) is 11.1 Å². The lowest BCUT2D eigenvalue weighted by atomic mass is 9.91. The zero-order valence-corrected chi connectivity index (χ0v) is 9.95. The Hall–Kier alpha value is -1.36. The second-order valence-corrected chi connectivity index (χ2v) is 3.57. The van der Waals surface area contributed by atoms with Crippen LogP contribution >= 0.6 is 0 Å². The van der Waals surface area contributed by atoms with Crippen LogP contribution in [0, 0.1) is 5.92 Å². The molecule has 0 spiro atoms. The van der Waals surface area contributed by atoms with Crippen molar-refractivity contribution < 1.29 is 19.4 Å². The fourth-order valence-corrected chi connectivity index (χ4v) is 1.61. The maximum atomic E-state index is 11.6. The topological polar surface area (TPSA) is 89.6 Å². The van der Waals surface area contributed by atoms with Gasteiger partial charge in [0.1, 0.15) is 0 Å². The highest BCUT2D eigenvalue weighted by Crippen LogP contribution is 2.21. The molecule has 0 aliphatic rings. The maximum Gasteiger partial charge on any atom is 0.334 e. The molecule has 92 valence electrons. The minimum absolute atomic E-state index is 0.103. The summed E-state index contributed by atoms with van der Waals surface area (Å²) in [5.74, 6) is -1.82. The van der Waals surface area contributed by atoms with Gasteiger partial charge in [0, 0.05) is 12.1 Å². The summed E-state index contributed by atoms with van der Waals surface area (Å²) in [5, 5.41) is 8.71. The Morgan fingerprint density at radius 3 is 2.31 bits per heavy atom. The molecule has 0 amide bonds. The molecule has 0 heterocycles. The largest absolute Gasteiger partial charge is 0.481 e. The van der Waals surface area contributed by atoms with E-state index in [1.165, 1.54) is 7.11 Å². The van der Waals surface area contributed by atoms with Crippen molar-refractivity contribution in [3.8, 4) is 0 Å². The van der Waals surface area contributed by atoms with E-state index in [1.54, 1.807) is 6.92 Å². The number of methoxy groups -OCH3 is 1. The molecule has 5 nitrogen and oxygen atoms in total. The van der Waals surface area contributed by atoms with Gasteiger partial charge < -0.3 is 15.6 Å². The van der Waals surface area contributed by atoms with Gasteiger partial charge in [-0.2, -0.15) is 0 Å². The summed E-state index contributed by atoms with van der Waals surface area (Å²) in [5.41, 5.74) is 6.68. The number of carboxylic acid groups (broad SMARTS) is 1. The number of aliphatic carboxylic acids is 1. The van der Waals surface area contributed by atoms with Crippen LogP contribution in [0.1, 0.15) is 26.7 Å². The van der Waals surface area contributed by atoms with E-state index in [4.69, 9.17) is 10.8 Å². The number of carbonyl (C=O) groups is 2. The summed E-state index contributed by atoms with van der Waals surface area (Å²) < 4.78 is 4.65. The molecule has 3 N–H and O–H groups in total. The van der Waals surface area contributed by atoms with E-state index in [2.05, 4.69) is 4.74 Å². The molecule has 1 unspecified atom stereocenters. The maximum absolute atomic E-state index is 11.6. The number of esters is 1. The zero-order valence-electron chi connectivity index (χ0n) is 9.95. The SMILES string of the molecule is CCC(CN)=C(C(=O)OC)C(C)CC(=O)O. The number of rotatable bonds is 6. The molecule has 0 aromatic heterocycles. The molecule has 0 saturated carbocycles. The third-order valence-electron chi connectivity index (χ3n) is 2.43. The molecule has 0 aliphatic heterocycles. The highest BCUT2D eigenvalue weighted by molar-refractivity contribution is 5.90. The average Bonchev–Trinajstić information content (AvgIpc) is 2.23. The average molecular weight is 229 g/mol. The molecule has 5 heteroatoms. The smallest absolute Gasteiger partial charge is 0.334 e.